The van der Waals surface area contributed by atoms with Crippen LogP contribution in [0, 0.1) is 0 Å². The molecule has 1 aromatic rings. The number of hydrogen-bond donors (Lipinski definition) is 1. The van der Waals surface area contributed by atoms with E-state index in [9.17, 15) is 14.4 Å². The minimum atomic E-state index is -0.628. The molecule has 0 saturated carbocycles. The highest BCUT2D eigenvalue weighted by atomic mass is 16.5. The summed E-state index contributed by atoms with van der Waals surface area (Å²) in [7, 11) is 0. The molecule has 2 rings (SSSR count). The van der Waals surface area contributed by atoms with Crippen LogP contribution < -0.4 is 11.2 Å². The maximum Gasteiger partial charge on any atom is 0.331 e. The number of allylic oxidation sites excluding steroid dienone is 3. The number of ketones is 1. The number of aromatic amines is 1. The zero-order valence-electron chi connectivity index (χ0n) is 13.6. The number of carbonyl (C=O) groups is 1. The van der Waals surface area contributed by atoms with Crippen molar-refractivity contribution >= 4 is 5.78 Å². The Morgan fingerprint density at radius 2 is 2.17 bits per heavy atom. The highest BCUT2D eigenvalue weighted by molar-refractivity contribution is 6.08. The molecule has 0 radical (unpaired) electrons. The van der Waals surface area contributed by atoms with Crippen LogP contribution in [0.25, 0.3) is 0 Å². The zero-order valence-corrected chi connectivity index (χ0v) is 13.6. The van der Waals surface area contributed by atoms with Crippen molar-refractivity contribution < 1.29 is 9.53 Å². The number of rotatable bonds is 6. The molecule has 0 aromatic carbocycles. The van der Waals surface area contributed by atoms with Crippen molar-refractivity contribution in [3.8, 4) is 0 Å². The van der Waals surface area contributed by atoms with Crippen molar-refractivity contribution in [2.45, 2.75) is 52.7 Å². The van der Waals surface area contributed by atoms with E-state index >= 15 is 0 Å². The van der Waals surface area contributed by atoms with Gasteiger partial charge in [0.05, 0.1) is 6.26 Å². The molecule has 0 spiro atoms. The Morgan fingerprint density at radius 1 is 1.39 bits per heavy atom. The van der Waals surface area contributed by atoms with Crippen LogP contribution in [0.5, 0.6) is 0 Å². The predicted molar refractivity (Wildman–Crippen MR) is 87.5 cm³/mol. The summed E-state index contributed by atoms with van der Waals surface area (Å²) in [5.41, 5.74) is 0.0239. The van der Waals surface area contributed by atoms with E-state index in [-0.39, 0.29) is 18.2 Å². The van der Waals surface area contributed by atoms with Gasteiger partial charge in [-0.1, -0.05) is 19.1 Å². The number of carbonyl (C=O) groups excluding carboxylic acids is 1. The number of nitrogens with one attached hydrogen (secondary N) is 1. The number of aromatic nitrogens is 2. The second-order valence-corrected chi connectivity index (χ2v) is 5.44. The number of nitrogens with zero attached hydrogens (tertiary/aromatic N) is 1. The third-order valence-corrected chi connectivity index (χ3v) is 3.88. The summed E-state index contributed by atoms with van der Waals surface area (Å²) in [4.78, 5) is 39.4. The van der Waals surface area contributed by atoms with Gasteiger partial charge in [-0.15, -0.1) is 0 Å². The molecule has 23 heavy (non-hydrogen) atoms. The molecule has 1 N–H and O–H groups in total. The van der Waals surface area contributed by atoms with Crippen LogP contribution in [-0.4, -0.2) is 15.3 Å². The molecule has 0 atom stereocenters. The van der Waals surface area contributed by atoms with E-state index in [0.29, 0.717) is 24.0 Å². The summed E-state index contributed by atoms with van der Waals surface area (Å²) in [6.07, 6.45) is 8.94. The Bertz CT molecular complexity index is 753. The fourth-order valence-electron chi connectivity index (χ4n) is 2.73. The monoisotopic (exact) mass is 318 g/mol. The largest absolute Gasteiger partial charge is 0.481 e. The van der Waals surface area contributed by atoms with Crippen molar-refractivity contribution in [2.24, 2.45) is 0 Å². The van der Waals surface area contributed by atoms with Gasteiger partial charge in [0, 0.05) is 5.56 Å². The molecule has 0 amide bonds. The number of ether oxygens (including phenoxy) is 1. The lowest BCUT2D eigenvalue weighted by atomic mass is 9.93. The van der Waals surface area contributed by atoms with Crippen molar-refractivity contribution in [1.82, 2.24) is 9.55 Å². The number of H-pyrrole nitrogens is 1. The van der Waals surface area contributed by atoms with Crippen LogP contribution in [0.1, 0.15) is 55.6 Å². The summed E-state index contributed by atoms with van der Waals surface area (Å²) in [5.74, 6) is -0.242. The topological polar surface area (TPSA) is 81.2 Å². The van der Waals surface area contributed by atoms with E-state index in [2.05, 4.69) is 4.98 Å². The van der Waals surface area contributed by atoms with Gasteiger partial charge in [-0.3, -0.25) is 19.1 Å². The number of Topliss-reactive ketones (excluding diaryl/α,β-unsaturated/α-hetero) is 1. The Labute approximate surface area is 134 Å². The lowest BCUT2D eigenvalue weighted by Gasteiger charge is -2.17. The molecule has 124 valence electrons. The first-order chi connectivity index (χ1) is 11.1. The first kappa shape index (κ1) is 17.0. The lowest BCUT2D eigenvalue weighted by molar-refractivity contribution is 0.0993. The van der Waals surface area contributed by atoms with Crippen LogP contribution in [0.3, 0.4) is 0 Å². The Morgan fingerprint density at radius 3 is 2.78 bits per heavy atom. The van der Waals surface area contributed by atoms with Gasteiger partial charge in [0.2, 0.25) is 5.78 Å². The van der Waals surface area contributed by atoms with Gasteiger partial charge in [0.25, 0.3) is 5.56 Å². The van der Waals surface area contributed by atoms with Gasteiger partial charge in [0.1, 0.15) is 5.69 Å². The first-order valence-electron chi connectivity index (χ1n) is 7.92. The molecule has 1 heterocycles. The van der Waals surface area contributed by atoms with Gasteiger partial charge in [-0.05, 0) is 44.6 Å². The molecule has 0 unspecified atom stereocenters. The van der Waals surface area contributed by atoms with Crippen LogP contribution in [0.4, 0.5) is 0 Å². The summed E-state index contributed by atoms with van der Waals surface area (Å²) in [6.45, 7) is 3.46. The van der Waals surface area contributed by atoms with E-state index in [1.54, 1.807) is 19.9 Å². The SMILES string of the molecule is C/C=C\OCn1c(C(=O)C2=CCCCC2)c(CC)c(=O)[nH]c1=O. The molecule has 0 aliphatic heterocycles. The summed E-state index contributed by atoms with van der Waals surface area (Å²) < 4.78 is 6.46. The summed E-state index contributed by atoms with van der Waals surface area (Å²) in [5, 5.41) is 0. The van der Waals surface area contributed by atoms with Crippen LogP contribution in [-0.2, 0) is 17.9 Å². The highest BCUT2D eigenvalue weighted by Gasteiger charge is 2.23. The quantitative estimate of drug-likeness (QED) is 0.644. The Kier molecular flexibility index (Phi) is 5.73. The van der Waals surface area contributed by atoms with E-state index in [4.69, 9.17) is 4.74 Å². The molecule has 1 aliphatic carbocycles. The zero-order chi connectivity index (χ0) is 16.8. The number of hydrogen-bond acceptors (Lipinski definition) is 4. The van der Waals surface area contributed by atoms with Crippen molar-refractivity contribution in [3.05, 3.63) is 56.1 Å². The highest BCUT2D eigenvalue weighted by Crippen LogP contribution is 2.22. The van der Waals surface area contributed by atoms with Gasteiger partial charge in [-0.2, -0.15) is 0 Å². The Hall–Kier alpha value is -2.37. The predicted octanol–water partition coefficient (Wildman–Crippen LogP) is 2.29. The maximum absolute atomic E-state index is 12.9. The molecule has 0 bridgehead atoms. The molecule has 6 heteroatoms. The summed E-state index contributed by atoms with van der Waals surface area (Å²) >= 11 is 0. The van der Waals surface area contributed by atoms with Crippen LogP contribution in [0.15, 0.2) is 33.6 Å². The van der Waals surface area contributed by atoms with Gasteiger partial charge >= 0.3 is 5.69 Å². The van der Waals surface area contributed by atoms with Gasteiger partial charge in [-0.25, -0.2) is 4.79 Å². The van der Waals surface area contributed by atoms with E-state index < -0.39 is 11.2 Å². The molecule has 1 aliphatic rings. The third-order valence-electron chi connectivity index (χ3n) is 3.88. The average molecular weight is 318 g/mol. The summed E-state index contributed by atoms with van der Waals surface area (Å²) in [6, 6.07) is 0. The third kappa shape index (κ3) is 3.70. The van der Waals surface area contributed by atoms with Crippen molar-refractivity contribution in [1.29, 1.82) is 0 Å². The maximum atomic E-state index is 12.9. The fourth-order valence-corrected chi connectivity index (χ4v) is 2.73. The smallest absolute Gasteiger partial charge is 0.331 e. The molecule has 1 aromatic heterocycles. The molecule has 0 saturated heterocycles. The van der Waals surface area contributed by atoms with E-state index in [1.807, 2.05) is 6.08 Å². The lowest BCUT2D eigenvalue weighted by Crippen LogP contribution is -2.37. The van der Waals surface area contributed by atoms with Crippen LogP contribution in [0.2, 0.25) is 0 Å². The van der Waals surface area contributed by atoms with E-state index in [1.165, 1.54) is 10.8 Å². The molecule has 6 nitrogen and oxygen atoms in total. The van der Waals surface area contributed by atoms with Gasteiger partial charge < -0.3 is 4.74 Å². The molecular formula is C17H22N2O4. The van der Waals surface area contributed by atoms with Crippen molar-refractivity contribution in [3.63, 3.8) is 0 Å². The normalized spacial score (nSPS) is 14.8. The minimum Gasteiger partial charge on any atom is -0.481 e. The van der Waals surface area contributed by atoms with E-state index in [0.717, 1.165) is 19.3 Å². The minimum absolute atomic E-state index is 0.110. The fraction of sp³-hybridized carbons (Fsp3) is 0.471. The van der Waals surface area contributed by atoms with Crippen LogP contribution >= 0.6 is 0 Å². The second kappa shape index (κ2) is 7.76. The molecular weight excluding hydrogens is 296 g/mol. The average Bonchev–Trinajstić information content (AvgIpc) is 2.56. The Balaban J connectivity index is 2.57. The van der Waals surface area contributed by atoms with Crippen molar-refractivity contribution in [2.75, 3.05) is 0 Å². The standard InChI is InChI=1S/C17H22N2O4/c1-3-10-23-11-19-14(13(4-2)16(21)18-17(19)22)15(20)12-8-6-5-7-9-12/h3,8,10H,4-7,9,11H2,1-2H3,(H,18,21,22)/b10-3-. The molecule has 0 fully saturated rings. The first-order valence-corrected chi connectivity index (χ1v) is 7.92. The van der Waals surface area contributed by atoms with Gasteiger partial charge in [0.15, 0.2) is 6.73 Å². The second-order valence-electron chi connectivity index (χ2n) is 5.44.